The fourth-order valence-electron chi connectivity index (χ4n) is 8.28. The number of aromatic nitrogens is 4. The lowest BCUT2D eigenvalue weighted by atomic mass is 9.81. The number of Topliss-reactive ketones (excluding diaryl/α,β-unsaturated/α-hetero) is 1. The first-order valence-electron chi connectivity index (χ1n) is 24.2. The van der Waals surface area contributed by atoms with E-state index in [0.29, 0.717) is 12.9 Å². The first kappa shape index (κ1) is 60.8. The molecule has 6 N–H and O–H groups in total. The zero-order valence-corrected chi connectivity index (χ0v) is 44.4. The Kier molecular flexibility index (Phi) is 21.6. The predicted molar refractivity (Wildman–Crippen MR) is 254 cm³/mol. The van der Waals surface area contributed by atoms with Gasteiger partial charge in [-0.2, -0.15) is 0 Å². The van der Waals surface area contributed by atoms with Crippen LogP contribution in [-0.2, 0) is 73.1 Å². The van der Waals surface area contributed by atoms with E-state index >= 15 is 0 Å². The number of anilines is 1. The Morgan fingerprint density at radius 2 is 1.53 bits per heavy atom. The number of carbonyl (C=O) groups excluding carboxylic acids is 4. The van der Waals surface area contributed by atoms with Crippen LogP contribution in [0, 0.1) is 10.8 Å². The predicted octanol–water partition coefficient (Wildman–Crippen LogP) is 1.47. The maximum Gasteiger partial charge on any atom is 0.293 e. The molecule has 7 atom stereocenters. The van der Waals surface area contributed by atoms with Gasteiger partial charge in [0.1, 0.15) is 47.6 Å². The maximum atomic E-state index is 13.0. The third-order valence-corrected chi connectivity index (χ3v) is 16.0. The van der Waals surface area contributed by atoms with Gasteiger partial charge in [-0.15, -0.1) is 0 Å². The molecule has 1 saturated heterocycles. The van der Waals surface area contributed by atoms with Crippen molar-refractivity contribution in [3.05, 3.63) is 48.0 Å². The van der Waals surface area contributed by atoms with Crippen LogP contribution in [0.4, 0.5) is 5.82 Å². The quantitative estimate of drug-likeness (QED) is 0.0321. The van der Waals surface area contributed by atoms with Gasteiger partial charge in [0.25, 0.3) is 22.1 Å². The van der Waals surface area contributed by atoms with E-state index in [4.69, 9.17) is 15.2 Å². The summed E-state index contributed by atoms with van der Waals surface area (Å²) >= 11 is 0. The number of benzene rings is 1. The molecule has 1 aliphatic heterocycles. The number of nitrogen functional groups attached to an aromatic ring is 1. The number of rotatable bonds is 34. The number of nitrogens with two attached hydrogens (primary N) is 1. The number of fused-ring (bicyclic) bond motifs is 1. The number of aliphatic hydroxyl groups is 2. The van der Waals surface area contributed by atoms with Gasteiger partial charge < -0.3 is 73.8 Å². The summed E-state index contributed by atoms with van der Waals surface area (Å²) in [5, 5.41) is 26.5. The molecule has 0 spiro atoms. The van der Waals surface area contributed by atoms with Crippen LogP contribution >= 0.6 is 23.5 Å². The van der Waals surface area contributed by atoms with Crippen LogP contribution in [0.5, 0.6) is 0 Å². The van der Waals surface area contributed by atoms with Gasteiger partial charge in [-0.25, -0.2) is 19.3 Å². The number of aryl methyl sites for hydroxylation is 2. The van der Waals surface area contributed by atoms with E-state index < -0.39 is 90.0 Å². The number of carbonyl (C=O) groups is 4. The Hall–Kier alpha value is -4.10. The molecular weight excluding hydrogens is 1040 g/mol. The summed E-state index contributed by atoms with van der Waals surface area (Å²) in [5.74, 6) is -1.59. The lowest BCUT2D eigenvalue weighted by Gasteiger charge is -2.36. The molecule has 1 saturated carbocycles. The average molecular weight is 1100 g/mol. The third kappa shape index (κ3) is 18.6. The minimum atomic E-state index is -5.94. The van der Waals surface area contributed by atoms with Gasteiger partial charge in [0.05, 0.1) is 27.4 Å². The highest BCUT2D eigenvalue weighted by molar-refractivity contribution is 7.59. The van der Waals surface area contributed by atoms with Crippen molar-refractivity contribution >= 4 is 64.5 Å². The van der Waals surface area contributed by atoms with Crippen LogP contribution in [0.15, 0.2) is 36.9 Å². The summed E-state index contributed by atoms with van der Waals surface area (Å²) in [4.78, 5) is 109. The largest absolute Gasteiger partial charge is 0.790 e. The van der Waals surface area contributed by atoms with E-state index in [1.807, 2.05) is 13.8 Å². The lowest BCUT2D eigenvalue weighted by molar-refractivity contribution is -0.347. The molecule has 1 aromatic carbocycles. The molecule has 29 heteroatoms. The van der Waals surface area contributed by atoms with Gasteiger partial charge in [0.2, 0.25) is 11.8 Å². The lowest BCUT2D eigenvalue weighted by Crippen LogP contribution is -2.46. The Labute approximate surface area is 428 Å². The molecule has 2 aliphatic rings. The van der Waals surface area contributed by atoms with Crippen molar-refractivity contribution in [3.63, 3.8) is 0 Å². The molecule has 5 rings (SSSR count). The number of amides is 2. The smallest absolute Gasteiger partial charge is 0.293 e. The number of unbranched alkanes of at least 4 members (excludes halogenated alkanes) is 4. The SMILES string of the molecule is CC(C)(CCCCCCc1ccc(CCCCC2(OC=O)CC2)cc1)C(=O)CCNC(=O)CCNC(=O)C(O)C(C)(C)COP(=O)([O-])OP(=O)([O-])OCC1OC(n2cnc3c(N)ncnc32)C(O)C1OP(=O)([O-])[O-]. The highest BCUT2D eigenvalue weighted by atomic mass is 31.3. The minimum Gasteiger partial charge on any atom is -0.790 e. The van der Waals surface area contributed by atoms with Gasteiger partial charge >= 0.3 is 0 Å². The summed E-state index contributed by atoms with van der Waals surface area (Å²) in [6, 6.07) is 8.73. The van der Waals surface area contributed by atoms with Crippen LogP contribution in [0.2, 0.25) is 0 Å². The van der Waals surface area contributed by atoms with Crippen LogP contribution in [-0.4, -0.2) is 110 Å². The molecule has 7 unspecified atom stereocenters. The zero-order chi connectivity index (χ0) is 54.5. The summed E-state index contributed by atoms with van der Waals surface area (Å²) in [5.41, 5.74) is 5.87. The monoisotopic (exact) mass is 1100 g/mol. The van der Waals surface area contributed by atoms with E-state index in [1.54, 1.807) is 0 Å². The Morgan fingerprint density at radius 3 is 2.16 bits per heavy atom. The first-order valence-corrected chi connectivity index (χ1v) is 28.6. The molecule has 74 heavy (non-hydrogen) atoms. The molecule has 1 aliphatic carbocycles. The van der Waals surface area contributed by atoms with Gasteiger partial charge in [0, 0.05) is 36.8 Å². The molecular formula is C45H66N7O19P3-4. The highest BCUT2D eigenvalue weighted by Crippen LogP contribution is 2.56. The fourth-order valence-corrected chi connectivity index (χ4v) is 11.0. The molecule has 414 valence electrons. The van der Waals surface area contributed by atoms with Crippen LogP contribution in [0.25, 0.3) is 11.2 Å². The molecule has 3 heterocycles. The van der Waals surface area contributed by atoms with Gasteiger partial charge in [-0.1, -0.05) is 71.2 Å². The van der Waals surface area contributed by atoms with Gasteiger partial charge in [0.15, 0.2) is 17.7 Å². The van der Waals surface area contributed by atoms with E-state index in [1.165, 1.54) is 25.0 Å². The molecule has 3 aromatic rings. The summed E-state index contributed by atoms with van der Waals surface area (Å²) in [6.07, 6.45) is 3.98. The van der Waals surface area contributed by atoms with Gasteiger partial charge in [-0.05, 0) is 68.9 Å². The summed E-state index contributed by atoms with van der Waals surface area (Å²) in [7, 11) is -17.7. The number of phosphoric acid groups is 3. The van der Waals surface area contributed by atoms with Crippen molar-refractivity contribution in [3.8, 4) is 0 Å². The zero-order valence-electron chi connectivity index (χ0n) is 41.7. The van der Waals surface area contributed by atoms with E-state index in [0.717, 1.165) is 87.9 Å². The summed E-state index contributed by atoms with van der Waals surface area (Å²) in [6.45, 7) is 4.28. The molecule has 2 amide bonds. The van der Waals surface area contributed by atoms with Crippen molar-refractivity contribution in [1.82, 2.24) is 30.2 Å². The topological polar surface area (TPSA) is 401 Å². The van der Waals surface area contributed by atoms with Crippen LogP contribution < -0.4 is 35.9 Å². The van der Waals surface area contributed by atoms with Crippen LogP contribution in [0.1, 0.15) is 122 Å². The van der Waals surface area contributed by atoms with Gasteiger partial charge in [-0.3, -0.25) is 32.9 Å². The second-order valence-electron chi connectivity index (χ2n) is 19.9. The number of hydrogen-bond acceptors (Lipinski definition) is 23. The first-order chi connectivity index (χ1) is 34.7. The van der Waals surface area contributed by atoms with E-state index in [9.17, 15) is 62.7 Å². The Morgan fingerprint density at radius 1 is 0.905 bits per heavy atom. The normalized spacial score (nSPS) is 20.8. The number of nitrogens with zero attached hydrogens (tertiary/aromatic N) is 4. The average Bonchev–Trinajstić information content (AvgIpc) is 3.84. The fraction of sp³-hybridized carbons (Fsp3) is 0.667. The molecule has 2 fully saturated rings. The maximum absolute atomic E-state index is 13.0. The minimum absolute atomic E-state index is 0.00379. The molecule has 26 nitrogen and oxygen atoms in total. The van der Waals surface area contributed by atoms with Crippen molar-refractivity contribution in [2.75, 3.05) is 32.0 Å². The molecule has 0 radical (unpaired) electrons. The standard InChI is InChI=1S/C45H70N7O19P3/c1-43(2,19-9-6-5-7-11-30-13-15-31(16-14-30)12-8-10-20-45(21-22-45)66-29-53)33(54)17-23-47-34(55)18-24-48-41(58)38(57)44(3,4)26-68-74(64,65)71-73(62,63)67-25-32-37(70-72(59,60)61)36(56)42(69-32)52-28-51-35-39(46)49-27-50-40(35)52/h13-16,27-29,32,36-38,42,56-57H,5-12,17-26H2,1-4H3,(H,47,55)(H,48,58)(H,62,63)(H,64,65)(H2,46,49,50)(H2,59,60,61)/p-4. The second-order valence-corrected chi connectivity index (χ2v) is 23.9. The Balaban J connectivity index is 0.938. The number of hydrogen-bond donors (Lipinski definition) is 5. The molecule has 0 bridgehead atoms. The molecule has 2 aromatic heterocycles. The van der Waals surface area contributed by atoms with E-state index in [-0.39, 0.29) is 54.3 Å². The number of phosphoric ester groups is 3. The van der Waals surface area contributed by atoms with Crippen LogP contribution in [0.3, 0.4) is 0 Å². The van der Waals surface area contributed by atoms with Crippen molar-refractivity contribution in [1.29, 1.82) is 0 Å². The number of imidazole rings is 1. The number of ketones is 1. The van der Waals surface area contributed by atoms with Crippen molar-refractivity contribution in [2.24, 2.45) is 10.8 Å². The third-order valence-electron chi connectivity index (χ3n) is 13.0. The second kappa shape index (κ2) is 26.3. The number of aliphatic hydroxyl groups excluding tert-OH is 2. The van der Waals surface area contributed by atoms with Crippen molar-refractivity contribution in [2.45, 2.75) is 154 Å². The summed E-state index contributed by atoms with van der Waals surface area (Å²) < 4.78 is 66.2. The number of ether oxygens (including phenoxy) is 2. The van der Waals surface area contributed by atoms with Crippen molar-refractivity contribution < 1.29 is 90.0 Å². The Bertz CT molecular complexity index is 2520. The highest BCUT2D eigenvalue weighted by Gasteiger charge is 2.48. The number of nitrogens with one attached hydrogen (secondary N) is 2. The van der Waals surface area contributed by atoms with E-state index in [2.05, 4.69) is 67.7 Å².